The molecule has 0 radical (unpaired) electrons. The van der Waals surface area contributed by atoms with Crippen molar-refractivity contribution in [3.63, 3.8) is 0 Å². The van der Waals surface area contributed by atoms with Crippen LogP contribution < -0.4 is 9.64 Å². The van der Waals surface area contributed by atoms with E-state index in [9.17, 15) is 10.1 Å². The Labute approximate surface area is 228 Å². The van der Waals surface area contributed by atoms with E-state index < -0.39 is 5.97 Å². The summed E-state index contributed by atoms with van der Waals surface area (Å²) in [6.45, 7) is 10.0. The first kappa shape index (κ1) is 28.8. The van der Waals surface area contributed by atoms with E-state index in [1.165, 1.54) is 17.3 Å². The maximum atomic E-state index is 12.5. The van der Waals surface area contributed by atoms with Crippen LogP contribution in [0, 0.1) is 11.3 Å². The van der Waals surface area contributed by atoms with Crippen LogP contribution in [0.4, 0.5) is 5.69 Å². The molecular weight excluding hydrogens is 513 g/mol. The molecule has 0 amide bonds. The van der Waals surface area contributed by atoms with Crippen molar-refractivity contribution < 1.29 is 19.0 Å². The van der Waals surface area contributed by atoms with Crippen LogP contribution in [0.25, 0.3) is 0 Å². The predicted octanol–water partition coefficient (Wildman–Crippen LogP) is 6.28. The van der Waals surface area contributed by atoms with Crippen molar-refractivity contribution in [2.24, 2.45) is 0 Å². The van der Waals surface area contributed by atoms with E-state index in [2.05, 4.69) is 24.5 Å². The molecule has 2 aliphatic rings. The van der Waals surface area contributed by atoms with Crippen molar-refractivity contribution in [3.8, 4) is 11.8 Å². The molecule has 3 rings (SSSR count). The molecule has 1 aromatic rings. The lowest BCUT2D eigenvalue weighted by Gasteiger charge is -2.21. The van der Waals surface area contributed by atoms with Gasteiger partial charge in [0.1, 0.15) is 23.5 Å². The van der Waals surface area contributed by atoms with E-state index in [0.29, 0.717) is 18.2 Å². The van der Waals surface area contributed by atoms with Crippen molar-refractivity contribution in [2.75, 3.05) is 54.3 Å². The molecule has 1 aromatic carbocycles. The largest absolute Gasteiger partial charge is 0.491 e. The lowest BCUT2D eigenvalue weighted by molar-refractivity contribution is -0.138. The van der Waals surface area contributed by atoms with Gasteiger partial charge in [0, 0.05) is 34.5 Å². The summed E-state index contributed by atoms with van der Waals surface area (Å²) < 4.78 is 17.2. The highest BCUT2D eigenvalue weighted by molar-refractivity contribution is 8.03. The van der Waals surface area contributed by atoms with Gasteiger partial charge < -0.3 is 19.1 Å². The first-order valence-electron chi connectivity index (χ1n) is 12.5. The smallest absolute Gasteiger partial charge is 0.351 e. The molecule has 2 heterocycles. The second-order valence-electron chi connectivity index (χ2n) is 8.58. The van der Waals surface area contributed by atoms with E-state index >= 15 is 0 Å². The Morgan fingerprint density at radius 3 is 2.64 bits per heavy atom. The Morgan fingerprint density at radius 2 is 1.94 bits per heavy atom. The summed E-state index contributed by atoms with van der Waals surface area (Å²) in [4.78, 5) is 15.5. The molecule has 2 aliphatic heterocycles. The number of carbonyl (C=O) groups is 1. The monoisotopic (exact) mass is 548 g/mol. The molecule has 6 nitrogen and oxygen atoms in total. The number of hydrogen-bond acceptors (Lipinski definition) is 9. The fourth-order valence-electron chi connectivity index (χ4n) is 3.88. The summed E-state index contributed by atoms with van der Waals surface area (Å²) in [6.07, 6.45) is 4.64. The summed E-state index contributed by atoms with van der Waals surface area (Å²) >= 11 is 5.20. The van der Waals surface area contributed by atoms with Crippen molar-refractivity contribution >= 4 is 46.9 Å². The molecule has 0 N–H and O–H groups in total. The lowest BCUT2D eigenvalue weighted by Crippen LogP contribution is -2.24. The molecule has 9 heteroatoms. The fourth-order valence-corrected chi connectivity index (χ4v) is 7.32. The minimum absolute atomic E-state index is 0.0583. The van der Waals surface area contributed by atoms with Gasteiger partial charge in [-0.3, -0.25) is 0 Å². The van der Waals surface area contributed by atoms with Gasteiger partial charge in [0.25, 0.3) is 0 Å². The zero-order valence-corrected chi connectivity index (χ0v) is 23.7. The second-order valence-corrected chi connectivity index (χ2v) is 11.7. The maximum absolute atomic E-state index is 12.5. The molecule has 0 spiro atoms. The predicted molar refractivity (Wildman–Crippen MR) is 152 cm³/mol. The van der Waals surface area contributed by atoms with Crippen LogP contribution >= 0.6 is 35.3 Å². The number of nitriles is 1. The molecule has 36 heavy (non-hydrogen) atoms. The summed E-state index contributed by atoms with van der Waals surface area (Å²) in [5, 5.41) is 10.4. The van der Waals surface area contributed by atoms with Gasteiger partial charge in [0.05, 0.1) is 25.0 Å². The first-order chi connectivity index (χ1) is 17.6. The number of hydrogen-bond donors (Lipinski definition) is 0. The molecule has 0 saturated carbocycles. The van der Waals surface area contributed by atoms with Crippen LogP contribution in [-0.4, -0.2) is 61.5 Å². The highest BCUT2D eigenvalue weighted by Gasteiger charge is 2.31. The third kappa shape index (κ3) is 8.41. The Balaban J connectivity index is 1.63. The lowest BCUT2D eigenvalue weighted by atomic mass is 10.2. The van der Waals surface area contributed by atoms with E-state index in [4.69, 9.17) is 14.2 Å². The van der Waals surface area contributed by atoms with Gasteiger partial charge in [-0.2, -0.15) is 28.8 Å². The number of anilines is 1. The quantitative estimate of drug-likeness (QED) is 0.0987. The number of carbonyl (C=O) groups excluding carboxylic acids is 1. The zero-order valence-electron chi connectivity index (χ0n) is 21.3. The summed E-state index contributed by atoms with van der Waals surface area (Å²) in [5.74, 6) is 4.15. The van der Waals surface area contributed by atoms with Crippen LogP contribution in [0.5, 0.6) is 5.75 Å². The standard InChI is InChI=1S/C27H36N2O4S3/c1-4-6-7-8-11-29-24-10-9-21(14-25(24)36-26(29)23(15-28)27(30)31-5-2)32-12-13-33-22-18-34-16-20(3)17-35-19-22/h9-10,14,22H,3-8,11-13,16-19H2,1-2H3. The highest BCUT2D eigenvalue weighted by atomic mass is 32.2. The van der Waals surface area contributed by atoms with Gasteiger partial charge in [0.2, 0.25) is 0 Å². The molecule has 1 fully saturated rings. The van der Waals surface area contributed by atoms with Crippen molar-refractivity contribution in [3.05, 3.63) is 41.0 Å². The molecule has 1 saturated heterocycles. The summed E-state index contributed by atoms with van der Waals surface area (Å²) in [6, 6.07) is 8.03. The van der Waals surface area contributed by atoms with Crippen LogP contribution in [-0.2, 0) is 14.3 Å². The fraction of sp³-hybridized carbons (Fsp3) is 0.556. The SMILES string of the molecule is C=C1CSCC(OCCOc2ccc3c(c2)SC(=C(C#N)C(=O)OCC)N3CCCCCC)CSC1. The van der Waals surface area contributed by atoms with Gasteiger partial charge in [-0.25, -0.2) is 4.79 Å². The number of fused-ring (bicyclic) bond motifs is 1. The van der Waals surface area contributed by atoms with Crippen molar-refractivity contribution in [1.82, 2.24) is 0 Å². The summed E-state index contributed by atoms with van der Waals surface area (Å²) in [5.41, 5.74) is 2.35. The molecular formula is C27H36N2O4S3. The number of ether oxygens (including phenoxy) is 3. The third-order valence-electron chi connectivity index (χ3n) is 5.64. The van der Waals surface area contributed by atoms with Gasteiger partial charge in [0.15, 0.2) is 5.57 Å². The Hall–Kier alpha value is -1.73. The van der Waals surface area contributed by atoms with E-state index in [-0.39, 0.29) is 18.3 Å². The molecule has 0 atom stereocenters. The van der Waals surface area contributed by atoms with Crippen LogP contribution in [0.3, 0.4) is 0 Å². The number of esters is 1. The summed E-state index contributed by atoms with van der Waals surface area (Å²) in [7, 11) is 0. The minimum Gasteiger partial charge on any atom is -0.491 e. The number of nitrogens with zero attached hydrogens (tertiary/aromatic N) is 2. The minimum atomic E-state index is -0.572. The van der Waals surface area contributed by atoms with Gasteiger partial charge in [-0.1, -0.05) is 50.1 Å². The number of benzene rings is 1. The Bertz CT molecular complexity index is 964. The third-order valence-corrected chi connectivity index (χ3v) is 9.24. The first-order valence-corrected chi connectivity index (χ1v) is 15.7. The topological polar surface area (TPSA) is 71.8 Å². The molecule has 0 aliphatic carbocycles. The number of thioether (sulfide) groups is 3. The van der Waals surface area contributed by atoms with Gasteiger partial charge in [-0.05, 0) is 31.5 Å². The van der Waals surface area contributed by atoms with Crippen LogP contribution in [0.15, 0.2) is 45.8 Å². The number of rotatable bonds is 12. The van der Waals surface area contributed by atoms with Gasteiger partial charge in [-0.15, -0.1) is 0 Å². The molecule has 0 unspecified atom stereocenters. The second kappa shape index (κ2) is 15.5. The normalized spacial score (nSPS) is 17.7. The van der Waals surface area contributed by atoms with E-state index in [0.717, 1.165) is 71.6 Å². The van der Waals surface area contributed by atoms with Crippen LogP contribution in [0.2, 0.25) is 0 Å². The van der Waals surface area contributed by atoms with E-state index in [1.54, 1.807) is 6.92 Å². The average molecular weight is 549 g/mol. The van der Waals surface area contributed by atoms with Crippen LogP contribution in [0.1, 0.15) is 39.5 Å². The average Bonchev–Trinajstić information content (AvgIpc) is 3.20. The molecule has 0 bridgehead atoms. The zero-order chi connectivity index (χ0) is 25.8. The van der Waals surface area contributed by atoms with Crippen molar-refractivity contribution in [2.45, 2.75) is 50.5 Å². The maximum Gasteiger partial charge on any atom is 0.351 e. The van der Waals surface area contributed by atoms with Gasteiger partial charge >= 0.3 is 5.97 Å². The Morgan fingerprint density at radius 1 is 1.17 bits per heavy atom. The number of unbranched alkanes of at least 4 members (excludes halogenated alkanes) is 3. The molecule has 0 aromatic heterocycles. The van der Waals surface area contributed by atoms with E-state index in [1.807, 2.05) is 41.7 Å². The van der Waals surface area contributed by atoms with Crippen molar-refractivity contribution in [1.29, 1.82) is 5.26 Å². The highest BCUT2D eigenvalue weighted by Crippen LogP contribution is 2.48. The molecule has 196 valence electrons. The Kier molecular flexibility index (Phi) is 12.4.